The van der Waals surface area contributed by atoms with Gasteiger partial charge in [0.05, 0.1) is 0 Å². The normalized spacial score (nSPS) is 13.8. The van der Waals surface area contributed by atoms with Gasteiger partial charge in [-0.05, 0) is 32.0 Å². The van der Waals surface area contributed by atoms with Gasteiger partial charge in [0, 0.05) is 30.9 Å². The van der Waals surface area contributed by atoms with Crippen molar-refractivity contribution in [3.63, 3.8) is 0 Å². The van der Waals surface area contributed by atoms with Gasteiger partial charge in [0.25, 0.3) is 5.91 Å². The van der Waals surface area contributed by atoms with Crippen LogP contribution in [0.5, 0.6) is 0 Å². The van der Waals surface area contributed by atoms with Crippen LogP contribution in [0.1, 0.15) is 28.9 Å². The third-order valence-electron chi connectivity index (χ3n) is 3.23. The Kier molecular flexibility index (Phi) is 5.10. The number of nitrogens with one attached hydrogen (secondary N) is 1. The highest BCUT2D eigenvalue weighted by Crippen LogP contribution is 2.24. The van der Waals surface area contributed by atoms with E-state index >= 15 is 0 Å². The second-order valence-corrected chi connectivity index (χ2v) is 4.86. The largest absolute Gasteiger partial charge is 0.384 e. The zero-order chi connectivity index (χ0) is 14.4. The van der Waals surface area contributed by atoms with Crippen LogP contribution in [0.3, 0.4) is 0 Å². The Morgan fingerprint density at radius 1 is 1.55 bits per heavy atom. The highest BCUT2D eigenvalue weighted by atomic mass is 16.2. The molecule has 1 aliphatic rings. The number of carbonyl (C=O) groups is 1. The summed E-state index contributed by atoms with van der Waals surface area (Å²) in [5.41, 5.74) is 1.07. The quantitative estimate of drug-likeness (QED) is 0.755. The number of rotatable bonds is 5. The Balaban J connectivity index is 1.79. The molecule has 0 bridgehead atoms. The summed E-state index contributed by atoms with van der Waals surface area (Å²) >= 11 is 0. The molecule has 106 valence electrons. The van der Waals surface area contributed by atoms with Gasteiger partial charge in [-0.15, -0.1) is 0 Å². The minimum absolute atomic E-state index is 0.170. The second-order valence-electron chi connectivity index (χ2n) is 4.86. The van der Waals surface area contributed by atoms with E-state index in [0.717, 1.165) is 6.54 Å². The summed E-state index contributed by atoms with van der Waals surface area (Å²) in [4.78, 5) is 18.2. The summed E-state index contributed by atoms with van der Waals surface area (Å²) in [7, 11) is 2.08. The zero-order valence-corrected chi connectivity index (χ0v) is 11.6. The molecule has 5 heteroatoms. The molecule has 1 fully saturated rings. The molecule has 1 heterocycles. The van der Waals surface area contributed by atoms with E-state index in [1.54, 1.807) is 12.1 Å². The second kappa shape index (κ2) is 7.04. The maximum absolute atomic E-state index is 11.9. The molecule has 0 spiro atoms. The van der Waals surface area contributed by atoms with Gasteiger partial charge in [-0.2, -0.15) is 0 Å². The molecular weight excluding hydrogens is 254 g/mol. The van der Waals surface area contributed by atoms with Crippen molar-refractivity contribution >= 4 is 5.91 Å². The highest BCUT2D eigenvalue weighted by Gasteiger charge is 2.25. The van der Waals surface area contributed by atoms with Crippen molar-refractivity contribution in [2.24, 2.45) is 0 Å². The number of aromatic nitrogens is 1. The average molecular weight is 273 g/mol. The van der Waals surface area contributed by atoms with Crippen molar-refractivity contribution in [2.45, 2.75) is 18.9 Å². The summed E-state index contributed by atoms with van der Waals surface area (Å²) in [6.45, 7) is 1.30. The number of pyridine rings is 1. The van der Waals surface area contributed by atoms with Crippen molar-refractivity contribution in [2.75, 3.05) is 26.7 Å². The van der Waals surface area contributed by atoms with Gasteiger partial charge in [-0.3, -0.25) is 4.79 Å². The summed E-state index contributed by atoms with van der Waals surface area (Å²) < 4.78 is 0. The number of hydrogen-bond donors (Lipinski definition) is 2. The average Bonchev–Trinajstić information content (AvgIpc) is 3.30. The van der Waals surface area contributed by atoms with Crippen LogP contribution in [0, 0.1) is 11.8 Å². The lowest BCUT2D eigenvalue weighted by molar-refractivity contribution is 0.0944. The monoisotopic (exact) mass is 273 g/mol. The first-order valence-corrected chi connectivity index (χ1v) is 6.75. The van der Waals surface area contributed by atoms with E-state index < -0.39 is 0 Å². The third kappa shape index (κ3) is 4.34. The third-order valence-corrected chi connectivity index (χ3v) is 3.23. The van der Waals surface area contributed by atoms with E-state index in [1.807, 2.05) is 0 Å². The number of nitrogens with zero attached hydrogens (tertiary/aromatic N) is 2. The Bertz CT molecular complexity index is 512. The minimum atomic E-state index is -0.184. The van der Waals surface area contributed by atoms with Gasteiger partial charge in [-0.1, -0.05) is 11.8 Å². The molecule has 0 saturated heterocycles. The Morgan fingerprint density at radius 2 is 2.35 bits per heavy atom. The topological polar surface area (TPSA) is 65.5 Å². The minimum Gasteiger partial charge on any atom is -0.384 e. The van der Waals surface area contributed by atoms with Crippen molar-refractivity contribution < 1.29 is 9.90 Å². The molecule has 2 N–H and O–H groups in total. The molecule has 0 atom stereocenters. The molecule has 1 aromatic rings. The van der Waals surface area contributed by atoms with Crippen LogP contribution in [0.4, 0.5) is 0 Å². The molecule has 1 aliphatic carbocycles. The standard InChI is InChI=1S/C15H19N3O2/c1-18(13-5-6-13)9-8-16-15(20)14-7-4-12(11-17-14)3-2-10-19/h4,7,11,13,19H,5-6,8-10H2,1H3,(H,16,20). The summed E-state index contributed by atoms with van der Waals surface area (Å²) in [5.74, 6) is 5.10. The highest BCUT2D eigenvalue weighted by molar-refractivity contribution is 5.92. The van der Waals surface area contributed by atoms with Gasteiger partial charge in [-0.25, -0.2) is 4.98 Å². The number of carbonyl (C=O) groups excluding carboxylic acids is 1. The van der Waals surface area contributed by atoms with Crippen LogP contribution in [0.15, 0.2) is 18.3 Å². The van der Waals surface area contributed by atoms with Crippen LogP contribution in [0.25, 0.3) is 0 Å². The Labute approximate surface area is 119 Å². The van der Waals surface area contributed by atoms with E-state index in [4.69, 9.17) is 5.11 Å². The van der Waals surface area contributed by atoms with Crippen LogP contribution in [0.2, 0.25) is 0 Å². The van der Waals surface area contributed by atoms with E-state index in [2.05, 4.69) is 34.1 Å². The Hall–Kier alpha value is -1.90. The van der Waals surface area contributed by atoms with Crippen molar-refractivity contribution in [1.29, 1.82) is 0 Å². The number of aliphatic hydroxyl groups is 1. The molecule has 20 heavy (non-hydrogen) atoms. The van der Waals surface area contributed by atoms with Gasteiger partial charge >= 0.3 is 0 Å². The van der Waals surface area contributed by atoms with Gasteiger partial charge in [0.2, 0.25) is 0 Å². The maximum atomic E-state index is 11.9. The summed E-state index contributed by atoms with van der Waals surface area (Å²) in [5, 5.41) is 11.4. The van der Waals surface area contributed by atoms with Gasteiger partial charge < -0.3 is 15.3 Å². The van der Waals surface area contributed by atoms with Crippen LogP contribution >= 0.6 is 0 Å². The predicted molar refractivity (Wildman–Crippen MR) is 76.2 cm³/mol. The van der Waals surface area contributed by atoms with E-state index in [1.165, 1.54) is 19.0 Å². The van der Waals surface area contributed by atoms with Gasteiger partial charge in [0.1, 0.15) is 12.3 Å². The maximum Gasteiger partial charge on any atom is 0.269 e. The van der Waals surface area contributed by atoms with Gasteiger partial charge in [0.15, 0.2) is 0 Å². The lowest BCUT2D eigenvalue weighted by Crippen LogP contribution is -2.34. The number of hydrogen-bond acceptors (Lipinski definition) is 4. The van der Waals surface area contributed by atoms with E-state index in [0.29, 0.717) is 23.8 Å². The van der Waals surface area contributed by atoms with Crippen molar-refractivity contribution in [1.82, 2.24) is 15.2 Å². The molecule has 0 unspecified atom stereocenters. The van der Waals surface area contributed by atoms with Crippen LogP contribution < -0.4 is 5.32 Å². The van der Waals surface area contributed by atoms with E-state index in [-0.39, 0.29) is 12.5 Å². The SMILES string of the molecule is CN(CCNC(=O)c1ccc(C#CCO)cn1)C1CC1. The van der Waals surface area contributed by atoms with Crippen LogP contribution in [-0.4, -0.2) is 53.7 Å². The van der Waals surface area contributed by atoms with E-state index in [9.17, 15) is 4.79 Å². The molecule has 5 nitrogen and oxygen atoms in total. The first-order valence-electron chi connectivity index (χ1n) is 6.75. The zero-order valence-electron chi connectivity index (χ0n) is 11.6. The molecule has 1 saturated carbocycles. The number of likely N-dealkylation sites (N-methyl/N-ethyl adjacent to an activating group) is 1. The first kappa shape index (κ1) is 14.5. The fraction of sp³-hybridized carbons (Fsp3) is 0.467. The van der Waals surface area contributed by atoms with Crippen LogP contribution in [-0.2, 0) is 0 Å². The fourth-order valence-electron chi connectivity index (χ4n) is 1.88. The Morgan fingerprint density at radius 3 is 2.95 bits per heavy atom. The lowest BCUT2D eigenvalue weighted by Gasteiger charge is -2.15. The number of aliphatic hydroxyl groups excluding tert-OH is 1. The first-order chi connectivity index (χ1) is 9.70. The summed E-state index contributed by atoms with van der Waals surface area (Å²) in [6.07, 6.45) is 4.07. The molecule has 2 rings (SSSR count). The molecule has 0 aliphatic heterocycles. The fourth-order valence-corrected chi connectivity index (χ4v) is 1.88. The number of amides is 1. The lowest BCUT2D eigenvalue weighted by atomic mass is 10.2. The molecule has 0 aromatic carbocycles. The summed E-state index contributed by atoms with van der Waals surface area (Å²) in [6, 6.07) is 4.07. The molecule has 1 aromatic heterocycles. The molecular formula is C15H19N3O2. The molecule has 0 radical (unpaired) electrons. The van der Waals surface area contributed by atoms with Crippen molar-refractivity contribution in [3.05, 3.63) is 29.6 Å². The molecule has 1 amide bonds. The predicted octanol–water partition coefficient (Wildman–Crippen LogP) is 0.249. The van der Waals surface area contributed by atoms with Crippen molar-refractivity contribution in [3.8, 4) is 11.8 Å². The smallest absolute Gasteiger partial charge is 0.269 e.